The van der Waals surface area contributed by atoms with E-state index in [4.69, 9.17) is 32.7 Å². The number of rotatable bonds is 5. The molecular formula is C21H20Cl2N2O3S. The number of benzene rings is 2. The number of nitrogens with one attached hydrogen (secondary N) is 1. The van der Waals surface area contributed by atoms with E-state index in [9.17, 15) is 4.79 Å². The summed E-state index contributed by atoms with van der Waals surface area (Å²) < 4.78 is 11.1. The van der Waals surface area contributed by atoms with Crippen LogP contribution in [-0.2, 0) is 4.79 Å². The molecule has 1 aliphatic rings. The number of amides is 1. The SMILES string of the molecule is COc1cc(/C=C2/SC(=Nc3cccc(Cl)c3C)NC2=O)cc(Cl)c1OC(C)C. The van der Waals surface area contributed by atoms with Crippen molar-refractivity contribution in [2.75, 3.05) is 7.11 Å². The van der Waals surface area contributed by atoms with Crippen molar-refractivity contribution in [3.8, 4) is 11.5 Å². The van der Waals surface area contributed by atoms with Crippen LogP contribution >= 0.6 is 35.0 Å². The molecule has 0 spiro atoms. The quantitative estimate of drug-likeness (QED) is 0.568. The number of amidine groups is 1. The van der Waals surface area contributed by atoms with Crippen LogP contribution in [0.15, 0.2) is 40.2 Å². The number of carbonyl (C=O) groups is 1. The topological polar surface area (TPSA) is 59.9 Å². The van der Waals surface area contributed by atoms with E-state index in [2.05, 4.69) is 10.3 Å². The number of halogens is 2. The summed E-state index contributed by atoms with van der Waals surface area (Å²) >= 11 is 13.8. The highest BCUT2D eigenvalue weighted by molar-refractivity contribution is 8.18. The molecule has 152 valence electrons. The number of ether oxygens (including phenoxy) is 2. The first-order chi connectivity index (χ1) is 13.8. The summed E-state index contributed by atoms with van der Waals surface area (Å²) in [6.07, 6.45) is 1.69. The van der Waals surface area contributed by atoms with Gasteiger partial charge >= 0.3 is 0 Å². The molecule has 2 aromatic carbocycles. The predicted octanol–water partition coefficient (Wildman–Crippen LogP) is 5.99. The Bertz CT molecular complexity index is 1020. The van der Waals surface area contributed by atoms with Crippen molar-refractivity contribution in [1.29, 1.82) is 0 Å². The highest BCUT2D eigenvalue weighted by atomic mass is 35.5. The lowest BCUT2D eigenvalue weighted by Crippen LogP contribution is -2.19. The smallest absolute Gasteiger partial charge is 0.264 e. The molecule has 29 heavy (non-hydrogen) atoms. The van der Waals surface area contributed by atoms with Crippen LogP contribution in [0.3, 0.4) is 0 Å². The van der Waals surface area contributed by atoms with E-state index in [1.165, 1.54) is 11.8 Å². The highest BCUT2D eigenvalue weighted by Crippen LogP contribution is 2.39. The van der Waals surface area contributed by atoms with Crippen LogP contribution in [0.2, 0.25) is 10.0 Å². The predicted molar refractivity (Wildman–Crippen MR) is 121 cm³/mol. The van der Waals surface area contributed by atoms with Crippen LogP contribution in [0.4, 0.5) is 5.69 Å². The molecular weight excluding hydrogens is 431 g/mol. The molecule has 1 aliphatic heterocycles. The molecule has 0 aromatic heterocycles. The number of thioether (sulfide) groups is 1. The Morgan fingerprint density at radius 1 is 1.21 bits per heavy atom. The molecule has 3 rings (SSSR count). The van der Waals surface area contributed by atoms with Gasteiger partial charge in [0.1, 0.15) is 0 Å². The van der Waals surface area contributed by atoms with Crippen LogP contribution in [0, 0.1) is 6.92 Å². The first kappa shape index (κ1) is 21.6. The van der Waals surface area contributed by atoms with Crippen LogP contribution in [0.25, 0.3) is 6.08 Å². The first-order valence-corrected chi connectivity index (χ1v) is 10.4. The van der Waals surface area contributed by atoms with Crippen molar-refractivity contribution in [2.45, 2.75) is 26.9 Å². The van der Waals surface area contributed by atoms with Crippen LogP contribution in [0.5, 0.6) is 11.5 Å². The maximum absolute atomic E-state index is 12.4. The standard InChI is InChI=1S/C21H20Cl2N2O3S/c1-11(2)28-19-15(23)8-13(9-17(19)27-4)10-18-20(26)25-21(29-18)24-16-7-5-6-14(22)12(16)3/h5-11H,1-4H3,(H,24,25,26)/b18-10+. The fourth-order valence-corrected chi connectivity index (χ4v) is 3.90. The lowest BCUT2D eigenvalue weighted by Gasteiger charge is -2.15. The number of hydrogen-bond donors (Lipinski definition) is 1. The average Bonchev–Trinajstić information content (AvgIpc) is 2.99. The first-order valence-electron chi connectivity index (χ1n) is 8.87. The number of carbonyl (C=O) groups excluding carboxylic acids is 1. The van der Waals surface area contributed by atoms with Gasteiger partial charge in [-0.3, -0.25) is 4.79 Å². The maximum atomic E-state index is 12.4. The molecule has 0 aliphatic carbocycles. The van der Waals surface area contributed by atoms with Crippen LogP contribution < -0.4 is 14.8 Å². The van der Waals surface area contributed by atoms with E-state index in [1.807, 2.05) is 32.9 Å². The van der Waals surface area contributed by atoms with Gasteiger partial charge in [0.25, 0.3) is 5.91 Å². The number of aliphatic imine (C=N–C) groups is 1. The molecule has 0 unspecified atom stereocenters. The van der Waals surface area contributed by atoms with E-state index in [1.54, 1.807) is 31.4 Å². The minimum absolute atomic E-state index is 0.0458. The summed E-state index contributed by atoms with van der Waals surface area (Å²) in [5, 5.41) is 4.30. The second-order valence-corrected chi connectivity index (χ2v) is 8.41. The molecule has 1 N–H and O–H groups in total. The molecule has 0 saturated carbocycles. The van der Waals surface area contributed by atoms with Crippen molar-refractivity contribution in [1.82, 2.24) is 5.32 Å². The second kappa shape index (κ2) is 9.11. The number of methoxy groups -OCH3 is 1. The molecule has 0 radical (unpaired) electrons. The largest absolute Gasteiger partial charge is 0.493 e. The molecule has 1 saturated heterocycles. The van der Waals surface area contributed by atoms with Gasteiger partial charge in [0.15, 0.2) is 16.7 Å². The van der Waals surface area contributed by atoms with E-state index in [0.29, 0.717) is 37.3 Å². The van der Waals surface area contributed by atoms with E-state index < -0.39 is 0 Å². The van der Waals surface area contributed by atoms with Gasteiger partial charge in [-0.2, -0.15) is 0 Å². The summed E-state index contributed by atoms with van der Waals surface area (Å²) in [6, 6.07) is 8.98. The third-order valence-corrected chi connectivity index (χ3v) is 5.62. The monoisotopic (exact) mass is 450 g/mol. The molecule has 2 aromatic rings. The maximum Gasteiger partial charge on any atom is 0.264 e. The van der Waals surface area contributed by atoms with Crippen LogP contribution in [0.1, 0.15) is 25.0 Å². The molecule has 0 bridgehead atoms. The van der Waals surface area contributed by atoms with Gasteiger partial charge in [-0.05, 0) is 74.0 Å². The van der Waals surface area contributed by atoms with Crippen molar-refractivity contribution < 1.29 is 14.3 Å². The second-order valence-electron chi connectivity index (χ2n) is 6.57. The van der Waals surface area contributed by atoms with Crippen molar-refractivity contribution in [3.05, 3.63) is 56.4 Å². The number of nitrogens with zero attached hydrogens (tertiary/aromatic N) is 1. The highest BCUT2D eigenvalue weighted by Gasteiger charge is 2.24. The van der Waals surface area contributed by atoms with Crippen LogP contribution in [-0.4, -0.2) is 24.3 Å². The fraction of sp³-hybridized carbons (Fsp3) is 0.238. The molecule has 1 fully saturated rings. The molecule has 8 heteroatoms. The summed E-state index contributed by atoms with van der Waals surface area (Å²) in [4.78, 5) is 17.4. The van der Waals surface area contributed by atoms with E-state index >= 15 is 0 Å². The normalized spacial score (nSPS) is 16.6. The van der Waals surface area contributed by atoms with Gasteiger partial charge in [-0.25, -0.2) is 4.99 Å². The number of hydrogen-bond acceptors (Lipinski definition) is 5. The summed E-state index contributed by atoms with van der Waals surface area (Å²) in [5.41, 5.74) is 2.29. The van der Waals surface area contributed by atoms with E-state index in [0.717, 1.165) is 11.1 Å². The average molecular weight is 451 g/mol. The van der Waals surface area contributed by atoms with Gasteiger partial charge in [0.2, 0.25) is 0 Å². The zero-order chi connectivity index (χ0) is 21.1. The van der Waals surface area contributed by atoms with Gasteiger partial charge in [0.05, 0.1) is 28.8 Å². The third-order valence-electron chi connectivity index (χ3n) is 4.02. The van der Waals surface area contributed by atoms with Gasteiger partial charge in [-0.15, -0.1) is 0 Å². The van der Waals surface area contributed by atoms with Crippen molar-refractivity contribution in [3.63, 3.8) is 0 Å². The van der Waals surface area contributed by atoms with Crippen molar-refractivity contribution >= 4 is 57.8 Å². The molecule has 1 amide bonds. The zero-order valence-corrected chi connectivity index (χ0v) is 18.7. The summed E-state index contributed by atoms with van der Waals surface area (Å²) in [6.45, 7) is 5.70. The van der Waals surface area contributed by atoms with Crippen molar-refractivity contribution in [2.24, 2.45) is 4.99 Å². The Morgan fingerprint density at radius 2 is 1.97 bits per heavy atom. The van der Waals surface area contributed by atoms with E-state index in [-0.39, 0.29) is 12.0 Å². The Labute approximate surface area is 184 Å². The minimum atomic E-state index is -0.231. The Morgan fingerprint density at radius 3 is 2.66 bits per heavy atom. The zero-order valence-electron chi connectivity index (χ0n) is 16.4. The molecule has 1 heterocycles. The Hall–Kier alpha value is -2.15. The van der Waals surface area contributed by atoms with Gasteiger partial charge in [-0.1, -0.05) is 29.3 Å². The summed E-state index contributed by atoms with van der Waals surface area (Å²) in [5.74, 6) is 0.754. The Kier molecular flexibility index (Phi) is 6.77. The lowest BCUT2D eigenvalue weighted by atomic mass is 10.1. The minimum Gasteiger partial charge on any atom is -0.493 e. The lowest BCUT2D eigenvalue weighted by molar-refractivity contribution is -0.115. The molecule has 5 nitrogen and oxygen atoms in total. The van der Waals surface area contributed by atoms with Gasteiger partial charge in [0, 0.05) is 5.02 Å². The third kappa shape index (κ3) is 5.07. The summed E-state index contributed by atoms with van der Waals surface area (Å²) in [7, 11) is 1.55. The Balaban J connectivity index is 1.89. The fourth-order valence-electron chi connectivity index (χ4n) is 2.63. The van der Waals surface area contributed by atoms with Gasteiger partial charge < -0.3 is 14.8 Å². The molecule has 0 atom stereocenters.